The normalized spacial score (nSPS) is 23.6. The third kappa shape index (κ3) is 4.68. The molecule has 3 unspecified atom stereocenters. The largest absolute Gasteiger partial charge is 0.338 e. The van der Waals surface area contributed by atoms with E-state index in [0.717, 1.165) is 6.42 Å². The lowest BCUT2D eigenvalue weighted by atomic mass is 9.93. The topological polar surface area (TPSA) is 61.4 Å². The van der Waals surface area contributed by atoms with Gasteiger partial charge in [0.05, 0.1) is 5.92 Å². The molecule has 2 aromatic rings. The molecule has 0 radical (unpaired) electrons. The summed E-state index contributed by atoms with van der Waals surface area (Å²) in [5.41, 5.74) is 2.77. The second-order valence-corrected chi connectivity index (χ2v) is 8.98. The van der Waals surface area contributed by atoms with Crippen molar-refractivity contribution < 1.29 is 14.0 Å². The number of nitrogens with one attached hydrogen (secondary N) is 2. The van der Waals surface area contributed by atoms with E-state index in [4.69, 9.17) is 0 Å². The Bertz CT molecular complexity index is 938. The van der Waals surface area contributed by atoms with E-state index >= 15 is 0 Å². The first kappa shape index (κ1) is 20.9. The van der Waals surface area contributed by atoms with Crippen LogP contribution in [0.1, 0.15) is 30.0 Å². The van der Waals surface area contributed by atoms with Gasteiger partial charge < -0.3 is 10.2 Å². The van der Waals surface area contributed by atoms with Crippen molar-refractivity contribution in [2.75, 3.05) is 6.54 Å². The molecule has 158 valence electrons. The van der Waals surface area contributed by atoms with Gasteiger partial charge in [-0.2, -0.15) is 0 Å². The number of hydrogen-bond acceptors (Lipinski definition) is 4. The van der Waals surface area contributed by atoms with Gasteiger partial charge in [-0.15, -0.1) is 11.8 Å². The number of nitrogens with zero attached hydrogens (tertiary/aromatic N) is 1. The van der Waals surface area contributed by atoms with Gasteiger partial charge in [0, 0.05) is 31.3 Å². The van der Waals surface area contributed by atoms with Crippen molar-refractivity contribution in [2.24, 2.45) is 5.92 Å². The summed E-state index contributed by atoms with van der Waals surface area (Å²) in [4.78, 5) is 27.4. The van der Waals surface area contributed by atoms with Crippen LogP contribution in [0, 0.1) is 11.7 Å². The van der Waals surface area contributed by atoms with E-state index in [1.165, 1.54) is 29.0 Å². The molecular formula is C23H26FN3O2S. The van der Waals surface area contributed by atoms with Crippen LogP contribution in [-0.4, -0.2) is 34.8 Å². The van der Waals surface area contributed by atoms with E-state index in [0.29, 0.717) is 24.4 Å². The minimum Gasteiger partial charge on any atom is -0.338 e. The predicted octanol–water partition coefficient (Wildman–Crippen LogP) is 3.04. The summed E-state index contributed by atoms with van der Waals surface area (Å²) in [6.45, 7) is 3.22. The zero-order valence-corrected chi connectivity index (χ0v) is 17.8. The van der Waals surface area contributed by atoms with E-state index in [9.17, 15) is 14.0 Å². The number of amides is 2. The SMILES string of the molecule is CC1NC(SCc2ccccc2F)NC(=O)C1CC(=O)N1CCc2ccccc2C1. The lowest BCUT2D eigenvalue weighted by Gasteiger charge is -2.36. The summed E-state index contributed by atoms with van der Waals surface area (Å²) < 4.78 is 13.8. The lowest BCUT2D eigenvalue weighted by Crippen LogP contribution is -2.59. The molecule has 2 aliphatic rings. The van der Waals surface area contributed by atoms with Gasteiger partial charge in [-0.3, -0.25) is 14.9 Å². The van der Waals surface area contributed by atoms with Crippen molar-refractivity contribution >= 4 is 23.6 Å². The molecule has 0 aliphatic carbocycles. The molecule has 2 amide bonds. The van der Waals surface area contributed by atoms with Crippen molar-refractivity contribution in [3.8, 4) is 0 Å². The summed E-state index contributed by atoms with van der Waals surface area (Å²) >= 11 is 1.43. The predicted molar refractivity (Wildman–Crippen MR) is 116 cm³/mol. The third-order valence-corrected chi connectivity index (χ3v) is 6.93. The van der Waals surface area contributed by atoms with Crippen LogP contribution in [0.2, 0.25) is 0 Å². The molecule has 2 aromatic carbocycles. The second kappa shape index (κ2) is 9.18. The van der Waals surface area contributed by atoms with E-state index in [2.05, 4.69) is 22.8 Å². The first-order valence-corrected chi connectivity index (χ1v) is 11.3. The molecule has 3 atom stereocenters. The molecule has 0 saturated carbocycles. The molecule has 30 heavy (non-hydrogen) atoms. The first-order valence-electron chi connectivity index (χ1n) is 10.3. The number of hydrogen-bond donors (Lipinski definition) is 2. The van der Waals surface area contributed by atoms with Crippen molar-refractivity contribution in [3.05, 3.63) is 71.0 Å². The number of rotatable bonds is 5. The second-order valence-electron chi connectivity index (χ2n) is 7.89. The minimum absolute atomic E-state index is 0.00997. The van der Waals surface area contributed by atoms with Crippen LogP contribution in [0.5, 0.6) is 0 Å². The van der Waals surface area contributed by atoms with Crippen molar-refractivity contribution in [2.45, 2.75) is 43.6 Å². The summed E-state index contributed by atoms with van der Waals surface area (Å²) in [6.07, 6.45) is 1.04. The number of halogens is 1. The summed E-state index contributed by atoms with van der Waals surface area (Å²) in [6, 6.07) is 14.7. The Morgan fingerprint density at radius 2 is 1.90 bits per heavy atom. The van der Waals surface area contributed by atoms with Crippen molar-refractivity contribution in [1.29, 1.82) is 0 Å². The number of benzene rings is 2. The molecule has 2 heterocycles. The van der Waals surface area contributed by atoms with Gasteiger partial charge in [0.1, 0.15) is 11.3 Å². The zero-order chi connectivity index (χ0) is 21.1. The average molecular weight is 428 g/mol. The summed E-state index contributed by atoms with van der Waals surface area (Å²) in [7, 11) is 0. The van der Waals surface area contributed by atoms with Gasteiger partial charge in [0.2, 0.25) is 11.8 Å². The third-order valence-electron chi connectivity index (χ3n) is 5.87. The Kier molecular flexibility index (Phi) is 6.39. The number of thioether (sulfide) groups is 1. The van der Waals surface area contributed by atoms with E-state index in [1.807, 2.05) is 24.0 Å². The lowest BCUT2D eigenvalue weighted by molar-refractivity contribution is -0.138. The molecule has 0 aromatic heterocycles. The average Bonchev–Trinajstić information content (AvgIpc) is 2.75. The Morgan fingerprint density at radius 1 is 1.17 bits per heavy atom. The van der Waals surface area contributed by atoms with Gasteiger partial charge in [-0.05, 0) is 36.1 Å². The maximum Gasteiger partial charge on any atom is 0.227 e. The highest BCUT2D eigenvalue weighted by atomic mass is 32.2. The quantitative estimate of drug-likeness (QED) is 0.770. The fraction of sp³-hybridized carbons (Fsp3) is 0.391. The number of carbonyl (C=O) groups excluding carboxylic acids is 2. The smallest absolute Gasteiger partial charge is 0.227 e. The Labute approximate surface area is 180 Å². The van der Waals surface area contributed by atoms with Crippen LogP contribution in [0.25, 0.3) is 0 Å². The highest BCUT2D eigenvalue weighted by Gasteiger charge is 2.36. The first-order chi connectivity index (χ1) is 14.5. The van der Waals surface area contributed by atoms with Gasteiger partial charge >= 0.3 is 0 Å². The van der Waals surface area contributed by atoms with E-state index in [-0.39, 0.29) is 35.6 Å². The Hall–Kier alpha value is -2.38. The van der Waals surface area contributed by atoms with Gasteiger partial charge in [0.25, 0.3) is 0 Å². The van der Waals surface area contributed by atoms with Crippen LogP contribution in [-0.2, 0) is 28.3 Å². The van der Waals surface area contributed by atoms with E-state index in [1.54, 1.807) is 18.2 Å². The molecule has 2 aliphatic heterocycles. The zero-order valence-electron chi connectivity index (χ0n) is 16.9. The van der Waals surface area contributed by atoms with Crippen molar-refractivity contribution in [1.82, 2.24) is 15.5 Å². The maximum absolute atomic E-state index is 13.8. The fourth-order valence-electron chi connectivity index (χ4n) is 4.03. The molecule has 4 rings (SSSR count). The molecule has 0 spiro atoms. The molecular weight excluding hydrogens is 401 g/mol. The van der Waals surface area contributed by atoms with Gasteiger partial charge in [-0.25, -0.2) is 4.39 Å². The van der Waals surface area contributed by atoms with Crippen molar-refractivity contribution in [3.63, 3.8) is 0 Å². The molecule has 0 bridgehead atoms. The maximum atomic E-state index is 13.8. The summed E-state index contributed by atoms with van der Waals surface area (Å²) in [5, 5.41) is 6.28. The monoisotopic (exact) mass is 427 g/mol. The molecule has 5 nitrogen and oxygen atoms in total. The van der Waals surface area contributed by atoms with Gasteiger partial charge in [-0.1, -0.05) is 42.5 Å². The van der Waals surface area contributed by atoms with Crippen LogP contribution < -0.4 is 10.6 Å². The Balaban J connectivity index is 1.31. The van der Waals surface area contributed by atoms with Crippen LogP contribution in [0.4, 0.5) is 4.39 Å². The fourth-order valence-corrected chi connectivity index (χ4v) is 5.12. The number of carbonyl (C=O) groups is 2. The standard InChI is InChI=1S/C23H26FN3O2S/c1-15-19(12-21(28)27-11-10-16-6-2-3-7-17(16)13-27)22(29)26-23(25-15)30-14-18-8-4-5-9-20(18)24/h2-9,15,19,23,25H,10-14H2,1H3,(H,26,29). The van der Waals surface area contributed by atoms with Crippen LogP contribution in [0.3, 0.4) is 0 Å². The molecule has 2 N–H and O–H groups in total. The number of fused-ring (bicyclic) bond motifs is 1. The van der Waals surface area contributed by atoms with Gasteiger partial charge in [0.15, 0.2) is 0 Å². The highest BCUT2D eigenvalue weighted by Crippen LogP contribution is 2.25. The minimum atomic E-state index is -0.417. The molecule has 1 fully saturated rings. The van der Waals surface area contributed by atoms with E-state index < -0.39 is 5.92 Å². The van der Waals surface area contributed by atoms with Crippen LogP contribution in [0.15, 0.2) is 48.5 Å². The van der Waals surface area contributed by atoms with Crippen LogP contribution >= 0.6 is 11.8 Å². The Morgan fingerprint density at radius 3 is 2.67 bits per heavy atom. The summed E-state index contributed by atoms with van der Waals surface area (Å²) in [5.74, 6) is -0.325. The molecule has 1 saturated heterocycles. The highest BCUT2D eigenvalue weighted by molar-refractivity contribution is 7.99. The molecule has 7 heteroatoms.